The van der Waals surface area contributed by atoms with Crippen LogP contribution in [0.3, 0.4) is 0 Å². The summed E-state index contributed by atoms with van der Waals surface area (Å²) in [4.78, 5) is 4.38. The lowest BCUT2D eigenvalue weighted by Crippen LogP contribution is -2.30. The first-order chi connectivity index (χ1) is 11.2. The van der Waals surface area contributed by atoms with Gasteiger partial charge >= 0.3 is 0 Å². The first-order valence-corrected chi connectivity index (χ1v) is 7.47. The van der Waals surface area contributed by atoms with Crippen LogP contribution < -0.4 is 4.74 Å². The number of benzene rings is 1. The van der Waals surface area contributed by atoms with E-state index in [9.17, 15) is 9.50 Å². The number of aliphatic hydroxyl groups excluding tert-OH is 1. The molecule has 2 aliphatic rings. The minimum Gasteiger partial charge on any atom is -0.494 e. The fraction of sp³-hybridized carbons (Fsp3) is 0.438. The third-order valence-electron chi connectivity index (χ3n) is 4.44. The zero-order valence-corrected chi connectivity index (χ0v) is 12.6. The van der Waals surface area contributed by atoms with Crippen molar-refractivity contribution in [1.29, 1.82) is 0 Å². The maximum absolute atomic E-state index is 13.6. The van der Waals surface area contributed by atoms with Crippen molar-refractivity contribution in [3.8, 4) is 17.1 Å². The highest BCUT2D eigenvalue weighted by Gasteiger charge is 2.48. The van der Waals surface area contributed by atoms with Crippen molar-refractivity contribution < 1.29 is 23.7 Å². The van der Waals surface area contributed by atoms with Gasteiger partial charge in [-0.1, -0.05) is 0 Å². The van der Waals surface area contributed by atoms with Crippen molar-refractivity contribution in [3.05, 3.63) is 36.4 Å². The van der Waals surface area contributed by atoms with Gasteiger partial charge in [0, 0.05) is 18.0 Å². The first kappa shape index (κ1) is 14.6. The summed E-state index contributed by atoms with van der Waals surface area (Å²) in [5.74, 6) is 0.438. The molecule has 0 aliphatic carbocycles. The number of methoxy groups -OCH3 is 1. The fourth-order valence-electron chi connectivity index (χ4n) is 3.30. The Morgan fingerprint density at radius 1 is 1.30 bits per heavy atom. The highest BCUT2D eigenvalue weighted by atomic mass is 19.1. The van der Waals surface area contributed by atoms with Gasteiger partial charge in [0.15, 0.2) is 11.6 Å². The van der Waals surface area contributed by atoms with Crippen LogP contribution in [-0.4, -0.2) is 53.3 Å². The average Bonchev–Trinajstić information content (AvgIpc) is 3.25. The highest BCUT2D eigenvalue weighted by molar-refractivity contribution is 5.58. The Labute approximate surface area is 132 Å². The van der Waals surface area contributed by atoms with Crippen LogP contribution in [-0.2, 0) is 9.47 Å². The summed E-state index contributed by atoms with van der Waals surface area (Å²) < 4.78 is 31.9. The molecule has 0 amide bonds. The number of fused-ring (bicyclic) bond motifs is 1. The summed E-state index contributed by atoms with van der Waals surface area (Å²) in [5, 5.41) is 9.87. The Morgan fingerprint density at radius 2 is 2.13 bits per heavy atom. The number of ether oxygens (including phenoxy) is 3. The van der Waals surface area contributed by atoms with Gasteiger partial charge in [0.25, 0.3) is 0 Å². The van der Waals surface area contributed by atoms with Gasteiger partial charge in [-0.25, -0.2) is 9.37 Å². The Balaban J connectivity index is 1.69. The molecule has 0 saturated carbocycles. The Kier molecular flexibility index (Phi) is 3.56. The van der Waals surface area contributed by atoms with Crippen LogP contribution in [0.25, 0.3) is 11.4 Å². The van der Waals surface area contributed by atoms with Gasteiger partial charge in [-0.3, -0.25) is 0 Å². The third kappa shape index (κ3) is 2.32. The molecule has 2 saturated heterocycles. The molecule has 0 unspecified atom stereocenters. The number of nitrogens with zero attached hydrogens (tertiary/aromatic N) is 2. The zero-order chi connectivity index (χ0) is 16.0. The molecule has 6 nitrogen and oxygen atoms in total. The summed E-state index contributed by atoms with van der Waals surface area (Å²) in [5.41, 5.74) is 0.746. The Bertz CT molecular complexity index is 720. The lowest BCUT2D eigenvalue weighted by molar-refractivity contribution is 0.0172. The first-order valence-electron chi connectivity index (χ1n) is 7.47. The van der Waals surface area contributed by atoms with Gasteiger partial charge in [0.05, 0.1) is 26.4 Å². The predicted molar refractivity (Wildman–Crippen MR) is 78.7 cm³/mol. The molecule has 0 radical (unpaired) electrons. The van der Waals surface area contributed by atoms with Gasteiger partial charge in [-0.05, 0) is 18.2 Å². The summed E-state index contributed by atoms with van der Waals surface area (Å²) in [6.45, 7) is 0.717. The summed E-state index contributed by atoms with van der Waals surface area (Å²) in [6, 6.07) is 4.56. The summed E-state index contributed by atoms with van der Waals surface area (Å²) in [6.07, 6.45) is 2.42. The van der Waals surface area contributed by atoms with E-state index >= 15 is 0 Å². The topological polar surface area (TPSA) is 65.7 Å². The molecule has 0 spiro atoms. The molecule has 0 bridgehead atoms. The normalized spacial score (nSPS) is 29.7. The molecule has 2 fully saturated rings. The highest BCUT2D eigenvalue weighted by Crippen LogP contribution is 2.37. The summed E-state index contributed by atoms with van der Waals surface area (Å²) >= 11 is 0. The van der Waals surface area contributed by atoms with Crippen LogP contribution in [0, 0.1) is 5.82 Å². The quantitative estimate of drug-likeness (QED) is 0.926. The molecule has 1 N–H and O–H groups in total. The lowest BCUT2D eigenvalue weighted by atomic mass is 10.1. The monoisotopic (exact) mass is 320 g/mol. The molecule has 1 aromatic carbocycles. The van der Waals surface area contributed by atoms with E-state index in [1.165, 1.54) is 13.2 Å². The average molecular weight is 320 g/mol. The fourth-order valence-corrected chi connectivity index (χ4v) is 3.30. The van der Waals surface area contributed by atoms with Crippen molar-refractivity contribution in [2.75, 3.05) is 20.3 Å². The molecular formula is C16H17FN2O4. The third-order valence-corrected chi connectivity index (χ3v) is 4.44. The number of imidazole rings is 1. The van der Waals surface area contributed by atoms with E-state index in [1.807, 2.05) is 10.8 Å². The molecule has 23 heavy (non-hydrogen) atoms. The van der Waals surface area contributed by atoms with Crippen LogP contribution in [0.5, 0.6) is 5.75 Å². The van der Waals surface area contributed by atoms with E-state index in [0.717, 1.165) is 5.56 Å². The van der Waals surface area contributed by atoms with Gasteiger partial charge in [-0.15, -0.1) is 0 Å². The van der Waals surface area contributed by atoms with Crippen molar-refractivity contribution >= 4 is 0 Å². The number of rotatable bonds is 3. The lowest BCUT2D eigenvalue weighted by Gasteiger charge is -2.20. The van der Waals surface area contributed by atoms with Crippen molar-refractivity contribution in [2.45, 2.75) is 24.4 Å². The van der Waals surface area contributed by atoms with Crippen LogP contribution in [0.15, 0.2) is 30.6 Å². The van der Waals surface area contributed by atoms with Gasteiger partial charge in [-0.2, -0.15) is 0 Å². The van der Waals surface area contributed by atoms with E-state index in [2.05, 4.69) is 4.98 Å². The second-order valence-electron chi connectivity index (χ2n) is 5.74. The molecule has 4 atom stereocenters. The maximum atomic E-state index is 13.6. The van der Waals surface area contributed by atoms with Crippen LogP contribution in [0.2, 0.25) is 0 Å². The number of aliphatic hydroxyl groups is 1. The Morgan fingerprint density at radius 3 is 2.96 bits per heavy atom. The van der Waals surface area contributed by atoms with E-state index in [-0.39, 0.29) is 30.6 Å². The smallest absolute Gasteiger partial charge is 0.165 e. The van der Waals surface area contributed by atoms with Crippen molar-refractivity contribution in [2.24, 2.45) is 0 Å². The number of halogens is 1. The molecule has 4 rings (SSSR count). The van der Waals surface area contributed by atoms with Crippen LogP contribution in [0.4, 0.5) is 4.39 Å². The van der Waals surface area contributed by atoms with Crippen molar-refractivity contribution in [3.63, 3.8) is 0 Å². The second-order valence-corrected chi connectivity index (χ2v) is 5.74. The molecule has 3 heterocycles. The van der Waals surface area contributed by atoms with Crippen molar-refractivity contribution in [1.82, 2.24) is 9.55 Å². The molecule has 1 aromatic heterocycles. The number of aromatic nitrogens is 2. The van der Waals surface area contributed by atoms with Gasteiger partial charge < -0.3 is 23.9 Å². The van der Waals surface area contributed by atoms with Crippen LogP contribution >= 0.6 is 0 Å². The zero-order valence-electron chi connectivity index (χ0n) is 12.6. The van der Waals surface area contributed by atoms with E-state index in [0.29, 0.717) is 12.4 Å². The van der Waals surface area contributed by atoms with E-state index in [1.54, 1.807) is 18.3 Å². The second kappa shape index (κ2) is 5.59. The minimum absolute atomic E-state index is 0.0781. The van der Waals surface area contributed by atoms with E-state index < -0.39 is 11.9 Å². The molecule has 122 valence electrons. The minimum atomic E-state index is -0.595. The summed E-state index contributed by atoms with van der Waals surface area (Å²) in [7, 11) is 1.43. The number of hydrogen-bond donors (Lipinski definition) is 1. The molecule has 7 heteroatoms. The van der Waals surface area contributed by atoms with Gasteiger partial charge in [0.1, 0.15) is 24.1 Å². The Hall–Kier alpha value is -1.96. The van der Waals surface area contributed by atoms with Crippen LogP contribution in [0.1, 0.15) is 6.04 Å². The standard InChI is InChI=1S/C16H17FN2O4/c1-21-13-6-9(2-3-10(13)17)16-18-4-5-19(16)11-7-22-15-12(20)8-23-14(11)15/h2-6,11-12,14-15,20H,7-8H2,1H3/t11-,12-,14-,15-/m1/s1. The predicted octanol–water partition coefficient (Wildman–Crippen LogP) is 1.40. The molecular weight excluding hydrogens is 303 g/mol. The SMILES string of the molecule is COc1cc(-c2nccn2[C@@H]2CO[C@H]3[C@@H]2OC[C@H]3O)ccc1F. The molecule has 2 aromatic rings. The molecule has 2 aliphatic heterocycles. The van der Waals surface area contributed by atoms with E-state index in [4.69, 9.17) is 14.2 Å². The van der Waals surface area contributed by atoms with Gasteiger partial charge in [0.2, 0.25) is 0 Å². The largest absolute Gasteiger partial charge is 0.494 e. The maximum Gasteiger partial charge on any atom is 0.165 e. The number of hydrogen-bond acceptors (Lipinski definition) is 5.